The van der Waals surface area contributed by atoms with E-state index in [0.29, 0.717) is 4.88 Å². The summed E-state index contributed by atoms with van der Waals surface area (Å²) in [5, 5.41) is 11.6. The van der Waals surface area contributed by atoms with Gasteiger partial charge in [-0.1, -0.05) is 5.92 Å². The molecule has 0 radical (unpaired) electrons. The summed E-state index contributed by atoms with van der Waals surface area (Å²) in [6.07, 6.45) is 5.01. The molecule has 0 unspecified atom stereocenters. The Morgan fingerprint density at radius 3 is 2.80 bits per heavy atom. The van der Waals surface area contributed by atoms with Gasteiger partial charge in [-0.3, -0.25) is 0 Å². The lowest BCUT2D eigenvalue weighted by Crippen LogP contribution is -2.21. The Balaban J connectivity index is 3.02. The lowest BCUT2D eigenvalue weighted by atomic mass is 10.3. The van der Waals surface area contributed by atoms with Gasteiger partial charge in [-0.05, 0) is 6.07 Å². The second-order valence-electron chi connectivity index (χ2n) is 1.63. The standard InChI is InChI=1S/C7H4O2S/c1-2-6-3-5(4-10-6)7(8)9/h1,3-4H,(H,8,9)/p-1. The topological polar surface area (TPSA) is 40.1 Å². The first-order valence-electron chi connectivity index (χ1n) is 2.50. The van der Waals surface area contributed by atoms with Gasteiger partial charge in [0.25, 0.3) is 0 Å². The summed E-state index contributed by atoms with van der Waals surface area (Å²) >= 11 is 1.22. The van der Waals surface area contributed by atoms with E-state index in [1.54, 1.807) is 0 Å². The number of terminal acetylenes is 1. The maximum absolute atomic E-state index is 10.2. The number of thiophene rings is 1. The number of carbonyl (C=O) groups excluding carboxylic acids is 1. The van der Waals surface area contributed by atoms with Gasteiger partial charge in [0, 0.05) is 10.9 Å². The van der Waals surface area contributed by atoms with Crippen LogP contribution < -0.4 is 5.11 Å². The highest BCUT2D eigenvalue weighted by Gasteiger charge is 1.95. The highest BCUT2D eigenvalue weighted by molar-refractivity contribution is 7.10. The quantitative estimate of drug-likeness (QED) is 0.534. The van der Waals surface area contributed by atoms with Gasteiger partial charge < -0.3 is 9.90 Å². The van der Waals surface area contributed by atoms with E-state index in [1.807, 2.05) is 0 Å². The van der Waals surface area contributed by atoms with Gasteiger partial charge in [-0.15, -0.1) is 17.8 Å². The monoisotopic (exact) mass is 151 g/mol. The third kappa shape index (κ3) is 1.17. The average Bonchev–Trinajstić information content (AvgIpc) is 2.34. The molecule has 0 fully saturated rings. The molecule has 0 spiro atoms. The number of carboxylic acid groups (broad SMARTS) is 1. The van der Waals surface area contributed by atoms with E-state index in [2.05, 4.69) is 5.92 Å². The number of hydrogen-bond donors (Lipinski definition) is 0. The predicted octanol–water partition coefficient (Wildman–Crippen LogP) is 0.0929. The molecule has 0 amide bonds. The van der Waals surface area contributed by atoms with Crippen molar-refractivity contribution < 1.29 is 9.90 Å². The third-order valence-electron chi connectivity index (χ3n) is 0.977. The van der Waals surface area contributed by atoms with Crippen molar-refractivity contribution >= 4 is 17.3 Å². The molecule has 0 atom stereocenters. The van der Waals surface area contributed by atoms with Gasteiger partial charge in [0.1, 0.15) is 0 Å². The minimum atomic E-state index is -1.18. The van der Waals surface area contributed by atoms with E-state index in [9.17, 15) is 9.90 Å². The van der Waals surface area contributed by atoms with Crippen LogP contribution in [0.4, 0.5) is 0 Å². The summed E-state index contributed by atoms with van der Waals surface area (Å²) in [6, 6.07) is 1.42. The maximum Gasteiger partial charge on any atom is 0.0772 e. The third-order valence-corrected chi connectivity index (χ3v) is 1.84. The molecule has 0 bridgehead atoms. The van der Waals surface area contributed by atoms with E-state index >= 15 is 0 Å². The van der Waals surface area contributed by atoms with Crippen molar-refractivity contribution in [3.05, 3.63) is 21.9 Å². The lowest BCUT2D eigenvalue weighted by molar-refractivity contribution is -0.255. The number of carboxylic acids is 1. The molecular weight excluding hydrogens is 148 g/mol. The number of hydrogen-bond acceptors (Lipinski definition) is 3. The Kier molecular flexibility index (Phi) is 1.74. The Bertz CT molecular complexity index is 293. The van der Waals surface area contributed by atoms with Gasteiger partial charge >= 0.3 is 0 Å². The van der Waals surface area contributed by atoms with Crippen LogP contribution in [-0.4, -0.2) is 5.97 Å². The van der Waals surface area contributed by atoms with Crippen LogP contribution in [-0.2, 0) is 0 Å². The first kappa shape index (κ1) is 6.84. The molecule has 1 aromatic rings. The number of aromatic carboxylic acids is 1. The molecule has 0 saturated heterocycles. The van der Waals surface area contributed by atoms with Crippen LogP contribution in [0.15, 0.2) is 11.4 Å². The van der Waals surface area contributed by atoms with Crippen molar-refractivity contribution in [1.29, 1.82) is 0 Å². The van der Waals surface area contributed by atoms with Crippen LogP contribution in [0.25, 0.3) is 0 Å². The van der Waals surface area contributed by atoms with Crippen LogP contribution >= 0.6 is 11.3 Å². The number of carbonyl (C=O) groups is 1. The second-order valence-corrected chi connectivity index (χ2v) is 2.54. The fourth-order valence-corrected chi connectivity index (χ4v) is 1.20. The van der Waals surface area contributed by atoms with Crippen molar-refractivity contribution in [2.75, 3.05) is 0 Å². The lowest BCUT2D eigenvalue weighted by Gasteiger charge is -1.92. The number of rotatable bonds is 1. The SMILES string of the molecule is C#Cc1cc(C(=O)[O-])cs1. The molecule has 1 rings (SSSR count). The van der Waals surface area contributed by atoms with Crippen LogP contribution in [0.3, 0.4) is 0 Å². The van der Waals surface area contributed by atoms with Crippen LogP contribution in [0.5, 0.6) is 0 Å². The van der Waals surface area contributed by atoms with Crippen molar-refractivity contribution in [3.63, 3.8) is 0 Å². The second kappa shape index (κ2) is 2.54. The smallest absolute Gasteiger partial charge is 0.0772 e. The molecule has 0 N–H and O–H groups in total. The first-order valence-corrected chi connectivity index (χ1v) is 3.38. The average molecular weight is 151 g/mol. The minimum absolute atomic E-state index is 0.151. The molecule has 0 aliphatic heterocycles. The molecule has 2 nitrogen and oxygen atoms in total. The normalized spacial score (nSPS) is 8.70. The summed E-state index contributed by atoms with van der Waals surface area (Å²) in [6.45, 7) is 0. The molecule has 0 aliphatic carbocycles. The molecular formula is C7H3O2S-. The van der Waals surface area contributed by atoms with Crippen molar-refractivity contribution in [1.82, 2.24) is 0 Å². The zero-order valence-corrected chi connectivity index (χ0v) is 5.77. The minimum Gasteiger partial charge on any atom is -0.545 e. The van der Waals surface area contributed by atoms with E-state index in [0.717, 1.165) is 0 Å². The van der Waals surface area contributed by atoms with Gasteiger partial charge in [0.2, 0.25) is 0 Å². The zero-order chi connectivity index (χ0) is 7.56. The molecule has 1 aromatic heterocycles. The van der Waals surface area contributed by atoms with Crippen LogP contribution in [0.1, 0.15) is 15.2 Å². The van der Waals surface area contributed by atoms with E-state index in [1.165, 1.54) is 22.8 Å². The van der Waals surface area contributed by atoms with Gasteiger partial charge in [0.05, 0.1) is 10.8 Å². The van der Waals surface area contributed by atoms with Crippen molar-refractivity contribution in [2.24, 2.45) is 0 Å². The summed E-state index contributed by atoms with van der Waals surface area (Å²) < 4.78 is 0. The predicted molar refractivity (Wildman–Crippen MR) is 36.6 cm³/mol. The Labute approximate surface area is 62.1 Å². The van der Waals surface area contributed by atoms with Gasteiger partial charge in [-0.25, -0.2) is 0 Å². The van der Waals surface area contributed by atoms with E-state index in [4.69, 9.17) is 6.42 Å². The van der Waals surface area contributed by atoms with E-state index in [-0.39, 0.29) is 5.56 Å². The Hall–Kier alpha value is -1.27. The largest absolute Gasteiger partial charge is 0.545 e. The van der Waals surface area contributed by atoms with Crippen molar-refractivity contribution in [3.8, 4) is 12.3 Å². The molecule has 0 saturated carbocycles. The summed E-state index contributed by atoms with van der Waals surface area (Å²) in [5.41, 5.74) is 0.151. The van der Waals surface area contributed by atoms with Crippen LogP contribution in [0.2, 0.25) is 0 Å². The summed E-state index contributed by atoms with van der Waals surface area (Å²) in [5.74, 6) is 1.15. The molecule has 3 heteroatoms. The Morgan fingerprint density at radius 1 is 1.80 bits per heavy atom. The zero-order valence-electron chi connectivity index (χ0n) is 4.96. The van der Waals surface area contributed by atoms with E-state index < -0.39 is 5.97 Å². The molecule has 1 heterocycles. The fraction of sp³-hybridized carbons (Fsp3) is 0. The maximum atomic E-state index is 10.2. The molecule has 10 heavy (non-hydrogen) atoms. The highest BCUT2D eigenvalue weighted by atomic mass is 32.1. The fourth-order valence-electron chi connectivity index (χ4n) is 0.519. The summed E-state index contributed by atoms with van der Waals surface area (Å²) in [4.78, 5) is 10.8. The van der Waals surface area contributed by atoms with Crippen LogP contribution in [0, 0.1) is 12.3 Å². The van der Waals surface area contributed by atoms with Gasteiger partial charge in [-0.2, -0.15) is 0 Å². The van der Waals surface area contributed by atoms with Gasteiger partial charge in [0.15, 0.2) is 0 Å². The molecule has 0 aromatic carbocycles. The molecule has 50 valence electrons. The molecule has 0 aliphatic rings. The van der Waals surface area contributed by atoms with Crippen molar-refractivity contribution in [2.45, 2.75) is 0 Å². The first-order chi connectivity index (χ1) is 4.74. The Morgan fingerprint density at radius 2 is 2.50 bits per heavy atom. The summed E-state index contributed by atoms with van der Waals surface area (Å²) in [7, 11) is 0. The highest BCUT2D eigenvalue weighted by Crippen LogP contribution is 2.11.